The minimum Gasteiger partial charge on any atom is -0.342 e. The Bertz CT molecular complexity index is 608. The highest BCUT2D eigenvalue weighted by molar-refractivity contribution is 9.10. The molecule has 1 fully saturated rings. The Morgan fingerprint density at radius 3 is 3.06 bits per heavy atom. The molecule has 1 N–H and O–H groups in total. The average Bonchev–Trinajstić information content (AvgIpc) is 2.96. The number of nitrogens with one attached hydrogen (secondary N) is 1. The molecular formula is C15H17BrN2. The van der Waals surface area contributed by atoms with E-state index in [1.54, 1.807) is 0 Å². The van der Waals surface area contributed by atoms with Crippen molar-refractivity contribution in [1.29, 1.82) is 0 Å². The van der Waals surface area contributed by atoms with Gasteiger partial charge in [-0.2, -0.15) is 0 Å². The van der Waals surface area contributed by atoms with Gasteiger partial charge in [-0.1, -0.05) is 24.6 Å². The number of rotatable bonds is 1. The van der Waals surface area contributed by atoms with E-state index in [2.05, 4.69) is 44.0 Å². The van der Waals surface area contributed by atoms with Gasteiger partial charge in [-0.05, 0) is 47.3 Å². The molecular weight excluding hydrogens is 288 g/mol. The molecule has 18 heavy (non-hydrogen) atoms. The third-order valence-electron chi connectivity index (χ3n) is 4.39. The number of halogens is 1. The molecule has 1 aromatic carbocycles. The van der Waals surface area contributed by atoms with E-state index < -0.39 is 0 Å². The number of hydrogen-bond donors (Lipinski definition) is 1. The third-order valence-corrected chi connectivity index (χ3v) is 5.22. The first-order valence-corrected chi connectivity index (χ1v) is 7.68. The lowest BCUT2D eigenvalue weighted by molar-refractivity contribution is 0.395. The van der Waals surface area contributed by atoms with Gasteiger partial charge in [0.15, 0.2) is 0 Å². The van der Waals surface area contributed by atoms with Crippen LogP contribution in [0.3, 0.4) is 0 Å². The highest BCUT2D eigenvalue weighted by Crippen LogP contribution is 2.41. The van der Waals surface area contributed by atoms with Crippen molar-refractivity contribution >= 4 is 26.8 Å². The van der Waals surface area contributed by atoms with Crippen molar-refractivity contribution < 1.29 is 0 Å². The summed E-state index contributed by atoms with van der Waals surface area (Å²) in [6, 6.07) is 7.25. The maximum absolute atomic E-state index is 3.85. The molecule has 2 aliphatic rings. The molecule has 2 aliphatic heterocycles. The molecule has 3 heteroatoms. The molecule has 0 amide bonds. The molecule has 0 saturated carbocycles. The monoisotopic (exact) mass is 304 g/mol. The fourth-order valence-electron chi connectivity index (χ4n) is 3.56. The highest BCUT2D eigenvalue weighted by atomic mass is 79.9. The van der Waals surface area contributed by atoms with E-state index in [0.717, 1.165) is 13.1 Å². The second kappa shape index (κ2) is 4.10. The van der Waals surface area contributed by atoms with Crippen LogP contribution in [-0.2, 0) is 13.0 Å². The molecule has 2 nitrogen and oxygen atoms in total. The van der Waals surface area contributed by atoms with Crippen LogP contribution in [-0.4, -0.2) is 11.1 Å². The maximum Gasteiger partial charge on any atom is 0.0528 e. The molecule has 1 unspecified atom stereocenters. The Morgan fingerprint density at radius 2 is 2.22 bits per heavy atom. The minimum atomic E-state index is 0.534. The zero-order valence-electron chi connectivity index (χ0n) is 10.4. The second-order valence-corrected chi connectivity index (χ2v) is 6.21. The van der Waals surface area contributed by atoms with Crippen molar-refractivity contribution in [3.05, 3.63) is 33.9 Å². The molecule has 0 spiro atoms. The molecule has 0 radical (unpaired) electrons. The number of piperidine rings is 1. The summed E-state index contributed by atoms with van der Waals surface area (Å²) in [5.41, 5.74) is 4.46. The van der Waals surface area contributed by atoms with Crippen LogP contribution < -0.4 is 5.32 Å². The van der Waals surface area contributed by atoms with E-state index in [1.165, 1.54) is 52.3 Å². The van der Waals surface area contributed by atoms with Crippen LogP contribution in [0.2, 0.25) is 0 Å². The summed E-state index contributed by atoms with van der Waals surface area (Å²) in [5, 5.41) is 5.08. The van der Waals surface area contributed by atoms with Crippen molar-refractivity contribution in [2.24, 2.45) is 0 Å². The Hall–Kier alpha value is -0.800. The van der Waals surface area contributed by atoms with Gasteiger partial charge < -0.3 is 9.88 Å². The molecule has 1 saturated heterocycles. The fourth-order valence-corrected chi connectivity index (χ4v) is 4.37. The topological polar surface area (TPSA) is 17.0 Å². The van der Waals surface area contributed by atoms with E-state index in [9.17, 15) is 0 Å². The zero-order chi connectivity index (χ0) is 12.1. The van der Waals surface area contributed by atoms with Crippen LogP contribution in [0.5, 0.6) is 0 Å². The quantitative estimate of drug-likeness (QED) is 0.848. The van der Waals surface area contributed by atoms with E-state index >= 15 is 0 Å². The molecule has 94 valence electrons. The smallest absolute Gasteiger partial charge is 0.0528 e. The van der Waals surface area contributed by atoms with Gasteiger partial charge in [0.25, 0.3) is 0 Å². The first kappa shape index (κ1) is 11.1. The first-order chi connectivity index (χ1) is 8.86. The Balaban J connectivity index is 1.94. The van der Waals surface area contributed by atoms with Gasteiger partial charge in [-0.15, -0.1) is 0 Å². The van der Waals surface area contributed by atoms with Gasteiger partial charge in [0.2, 0.25) is 0 Å². The van der Waals surface area contributed by atoms with Crippen molar-refractivity contribution in [2.75, 3.05) is 6.54 Å². The summed E-state index contributed by atoms with van der Waals surface area (Å²) in [5.74, 6) is 0. The number of aromatic nitrogens is 1. The number of nitrogens with zero attached hydrogens (tertiary/aromatic N) is 1. The molecule has 4 rings (SSSR count). The summed E-state index contributed by atoms with van der Waals surface area (Å²) in [6.45, 7) is 2.31. The van der Waals surface area contributed by atoms with Crippen LogP contribution in [0.25, 0.3) is 10.9 Å². The predicted molar refractivity (Wildman–Crippen MR) is 77.9 cm³/mol. The Kier molecular flexibility index (Phi) is 2.52. The summed E-state index contributed by atoms with van der Waals surface area (Å²) >= 11 is 3.85. The predicted octanol–water partition coefficient (Wildman–Crippen LogP) is 3.77. The summed E-state index contributed by atoms with van der Waals surface area (Å²) in [7, 11) is 0. The van der Waals surface area contributed by atoms with E-state index in [4.69, 9.17) is 0 Å². The summed E-state index contributed by atoms with van der Waals surface area (Å²) in [6.07, 6.45) is 5.13. The SMILES string of the molecule is Brc1c(C2CCCCN2)n2c3c(cccc13)CC2. The molecule has 1 aromatic heterocycles. The van der Waals surface area contributed by atoms with Gasteiger partial charge in [-0.25, -0.2) is 0 Å². The molecule has 0 bridgehead atoms. The van der Waals surface area contributed by atoms with Crippen molar-refractivity contribution in [1.82, 2.24) is 9.88 Å². The number of para-hydroxylation sites is 1. The average molecular weight is 305 g/mol. The normalized spacial score (nSPS) is 22.8. The van der Waals surface area contributed by atoms with Crippen LogP contribution in [0.4, 0.5) is 0 Å². The number of benzene rings is 1. The molecule has 1 atom stereocenters. The van der Waals surface area contributed by atoms with E-state index in [1.807, 2.05) is 0 Å². The number of aryl methyl sites for hydroxylation is 2. The van der Waals surface area contributed by atoms with Gasteiger partial charge >= 0.3 is 0 Å². The van der Waals surface area contributed by atoms with Crippen molar-refractivity contribution in [3.63, 3.8) is 0 Å². The van der Waals surface area contributed by atoms with Crippen molar-refractivity contribution in [2.45, 2.75) is 38.3 Å². The van der Waals surface area contributed by atoms with E-state index in [-0.39, 0.29) is 0 Å². The van der Waals surface area contributed by atoms with Crippen molar-refractivity contribution in [3.8, 4) is 0 Å². The lowest BCUT2D eigenvalue weighted by atomic mass is 10.0. The Morgan fingerprint density at radius 1 is 1.28 bits per heavy atom. The third kappa shape index (κ3) is 1.44. The van der Waals surface area contributed by atoms with Crippen LogP contribution in [0.15, 0.2) is 22.7 Å². The van der Waals surface area contributed by atoms with Gasteiger partial charge in [0, 0.05) is 22.4 Å². The molecule has 2 aromatic rings. The maximum atomic E-state index is 3.85. The van der Waals surface area contributed by atoms with Crippen LogP contribution in [0.1, 0.15) is 36.6 Å². The van der Waals surface area contributed by atoms with E-state index in [0.29, 0.717) is 6.04 Å². The van der Waals surface area contributed by atoms with Crippen LogP contribution >= 0.6 is 15.9 Å². The largest absolute Gasteiger partial charge is 0.342 e. The minimum absolute atomic E-state index is 0.534. The number of hydrogen-bond acceptors (Lipinski definition) is 1. The lowest BCUT2D eigenvalue weighted by Crippen LogP contribution is -2.28. The summed E-state index contributed by atoms with van der Waals surface area (Å²) in [4.78, 5) is 0. The first-order valence-electron chi connectivity index (χ1n) is 6.89. The van der Waals surface area contributed by atoms with Gasteiger partial charge in [-0.3, -0.25) is 0 Å². The fraction of sp³-hybridized carbons (Fsp3) is 0.467. The second-order valence-electron chi connectivity index (χ2n) is 5.42. The lowest BCUT2D eigenvalue weighted by Gasteiger charge is -2.25. The summed E-state index contributed by atoms with van der Waals surface area (Å²) < 4.78 is 3.86. The molecule has 0 aliphatic carbocycles. The van der Waals surface area contributed by atoms with Gasteiger partial charge in [0.1, 0.15) is 0 Å². The molecule has 3 heterocycles. The standard InChI is InChI=1S/C15H17BrN2/c16-13-11-5-3-4-10-7-9-18(14(10)11)15(13)12-6-1-2-8-17-12/h3-5,12,17H,1-2,6-9H2. The van der Waals surface area contributed by atoms with Crippen LogP contribution in [0, 0.1) is 0 Å². The van der Waals surface area contributed by atoms with Gasteiger partial charge in [0.05, 0.1) is 11.2 Å². The highest BCUT2D eigenvalue weighted by Gasteiger charge is 2.27. The Labute approximate surface area is 115 Å². The zero-order valence-corrected chi connectivity index (χ0v) is 12.0.